The first kappa shape index (κ1) is 24.7. The molecular formula is C26H31N5O3S. The van der Waals surface area contributed by atoms with Gasteiger partial charge in [0.2, 0.25) is 11.1 Å². The normalized spacial score (nSPS) is 14.8. The van der Waals surface area contributed by atoms with Gasteiger partial charge in [-0.2, -0.15) is 4.98 Å². The predicted molar refractivity (Wildman–Crippen MR) is 139 cm³/mol. The summed E-state index contributed by atoms with van der Waals surface area (Å²) in [6, 6.07) is 12.9. The number of benzene rings is 2. The smallest absolute Gasteiger partial charge is 0.255 e. The van der Waals surface area contributed by atoms with Gasteiger partial charge in [-0.25, -0.2) is 4.68 Å². The van der Waals surface area contributed by atoms with E-state index in [1.54, 1.807) is 30.7 Å². The maximum Gasteiger partial charge on any atom is 0.255 e. The first-order valence-corrected chi connectivity index (χ1v) is 12.6. The molecule has 1 aromatic heterocycles. The van der Waals surface area contributed by atoms with E-state index in [1.165, 1.54) is 0 Å². The minimum Gasteiger partial charge on any atom is -0.493 e. The molecule has 2 aromatic carbocycles. The number of ether oxygens (including phenoxy) is 2. The Balaban J connectivity index is 1.77. The minimum absolute atomic E-state index is 0.207. The van der Waals surface area contributed by atoms with E-state index in [4.69, 9.17) is 19.6 Å². The van der Waals surface area contributed by atoms with Gasteiger partial charge in [-0.1, -0.05) is 43.3 Å². The van der Waals surface area contributed by atoms with Crippen molar-refractivity contribution in [1.82, 2.24) is 14.8 Å². The number of hydrogen-bond donors (Lipinski definition) is 2. The van der Waals surface area contributed by atoms with Crippen LogP contribution in [0, 0.1) is 6.92 Å². The second-order valence-electron chi connectivity index (χ2n) is 8.37. The van der Waals surface area contributed by atoms with Crippen molar-refractivity contribution >= 4 is 29.3 Å². The third-order valence-corrected chi connectivity index (χ3v) is 6.73. The van der Waals surface area contributed by atoms with Crippen molar-refractivity contribution in [2.75, 3.05) is 30.6 Å². The molecule has 0 radical (unpaired) electrons. The van der Waals surface area contributed by atoms with Crippen LogP contribution in [0.3, 0.4) is 0 Å². The van der Waals surface area contributed by atoms with Crippen molar-refractivity contribution in [2.45, 2.75) is 44.8 Å². The monoisotopic (exact) mass is 493 g/mol. The number of carbonyl (C=O) groups is 1. The van der Waals surface area contributed by atoms with Crippen molar-refractivity contribution in [2.24, 2.45) is 0 Å². The van der Waals surface area contributed by atoms with Gasteiger partial charge in [0.15, 0.2) is 11.5 Å². The molecule has 1 amide bonds. The Morgan fingerprint density at radius 1 is 1.14 bits per heavy atom. The number of amides is 1. The first-order chi connectivity index (χ1) is 16.9. The fraction of sp³-hybridized carbons (Fsp3) is 0.346. The summed E-state index contributed by atoms with van der Waals surface area (Å²) in [7, 11) is 3.20. The SMILES string of the molecule is CCCCSc1nc2n(n1)C(c1ccc(OC)c(OC)c1)C(C(=O)Nc1cccc(C)c1)=C(C)N2. The molecule has 184 valence electrons. The lowest BCUT2D eigenvalue weighted by atomic mass is 9.94. The number of fused-ring (bicyclic) bond motifs is 1. The Morgan fingerprint density at radius 2 is 1.94 bits per heavy atom. The molecule has 0 saturated heterocycles. The van der Waals surface area contributed by atoms with Crippen LogP contribution in [0.2, 0.25) is 0 Å². The minimum atomic E-state index is -0.496. The number of unbranched alkanes of at least 4 members (excludes halogenated alkanes) is 1. The van der Waals surface area contributed by atoms with Gasteiger partial charge in [0, 0.05) is 17.1 Å². The number of hydrogen-bond acceptors (Lipinski definition) is 7. The van der Waals surface area contributed by atoms with E-state index in [0.717, 1.165) is 41.1 Å². The summed E-state index contributed by atoms with van der Waals surface area (Å²) in [4.78, 5) is 18.3. The number of rotatable bonds is 9. The molecule has 0 fully saturated rings. The fourth-order valence-corrected chi connectivity index (χ4v) is 4.96. The van der Waals surface area contributed by atoms with Gasteiger partial charge >= 0.3 is 0 Å². The third kappa shape index (κ3) is 5.30. The summed E-state index contributed by atoms with van der Waals surface area (Å²) >= 11 is 1.62. The standard InChI is InChI=1S/C26H31N5O3S/c1-6-7-13-35-26-29-25-27-17(3)22(24(32)28-19-10-8-9-16(2)14-19)23(31(25)30-26)18-11-12-20(33-4)21(15-18)34-5/h8-12,14-15,23H,6-7,13H2,1-5H3,(H,28,32)(H,27,29,30). The zero-order valence-electron chi connectivity index (χ0n) is 20.7. The van der Waals surface area contributed by atoms with Gasteiger partial charge in [-0.05, 0) is 55.7 Å². The summed E-state index contributed by atoms with van der Waals surface area (Å²) in [5.41, 5.74) is 3.93. The third-order valence-electron chi connectivity index (χ3n) is 5.81. The summed E-state index contributed by atoms with van der Waals surface area (Å²) in [5.74, 6) is 2.54. The number of thioether (sulfide) groups is 1. The number of nitrogens with zero attached hydrogens (tertiary/aromatic N) is 3. The maximum absolute atomic E-state index is 13.6. The molecule has 1 atom stereocenters. The Kier molecular flexibility index (Phi) is 7.65. The number of allylic oxidation sites excluding steroid dienone is 1. The van der Waals surface area contributed by atoms with Crippen LogP contribution in [0.15, 0.2) is 58.9 Å². The predicted octanol–water partition coefficient (Wildman–Crippen LogP) is 5.42. The largest absolute Gasteiger partial charge is 0.493 e. The number of aromatic nitrogens is 3. The van der Waals surface area contributed by atoms with Gasteiger partial charge in [0.05, 0.1) is 19.8 Å². The van der Waals surface area contributed by atoms with E-state index in [9.17, 15) is 4.79 Å². The van der Waals surface area contributed by atoms with E-state index in [0.29, 0.717) is 28.2 Å². The van der Waals surface area contributed by atoms with Gasteiger partial charge in [-0.15, -0.1) is 5.10 Å². The number of aryl methyl sites for hydroxylation is 1. The van der Waals surface area contributed by atoms with Crippen molar-refractivity contribution in [3.8, 4) is 11.5 Å². The molecule has 0 bridgehead atoms. The van der Waals surface area contributed by atoms with E-state index in [-0.39, 0.29) is 5.91 Å². The first-order valence-electron chi connectivity index (χ1n) is 11.6. The van der Waals surface area contributed by atoms with Crippen LogP contribution < -0.4 is 20.1 Å². The van der Waals surface area contributed by atoms with Gasteiger partial charge in [-0.3, -0.25) is 4.79 Å². The zero-order valence-corrected chi connectivity index (χ0v) is 21.5. The van der Waals surface area contributed by atoms with Gasteiger partial charge in [0.1, 0.15) is 6.04 Å². The van der Waals surface area contributed by atoms with E-state index in [2.05, 4.69) is 17.6 Å². The van der Waals surface area contributed by atoms with Crippen LogP contribution in [-0.4, -0.2) is 40.6 Å². The molecule has 0 aliphatic carbocycles. The van der Waals surface area contributed by atoms with Gasteiger partial charge < -0.3 is 20.1 Å². The van der Waals surface area contributed by atoms with Crippen LogP contribution in [0.4, 0.5) is 11.6 Å². The molecule has 3 aromatic rings. The molecule has 0 saturated carbocycles. The molecule has 2 N–H and O–H groups in total. The highest BCUT2D eigenvalue weighted by Gasteiger charge is 2.35. The molecule has 4 rings (SSSR count). The average molecular weight is 494 g/mol. The van der Waals surface area contributed by atoms with Crippen LogP contribution in [-0.2, 0) is 4.79 Å². The number of nitrogens with one attached hydrogen (secondary N) is 2. The highest BCUT2D eigenvalue weighted by Crippen LogP contribution is 2.39. The van der Waals surface area contributed by atoms with Crippen molar-refractivity contribution < 1.29 is 14.3 Å². The Bertz CT molecular complexity index is 1250. The topological polar surface area (TPSA) is 90.3 Å². The lowest BCUT2D eigenvalue weighted by Crippen LogP contribution is -2.31. The van der Waals surface area contributed by atoms with E-state index in [1.807, 2.05) is 56.3 Å². The molecule has 1 unspecified atom stereocenters. The number of anilines is 2. The molecule has 35 heavy (non-hydrogen) atoms. The van der Waals surface area contributed by atoms with Crippen molar-refractivity contribution in [3.05, 3.63) is 64.9 Å². The van der Waals surface area contributed by atoms with Crippen LogP contribution in [0.5, 0.6) is 11.5 Å². The Hall–Kier alpha value is -3.46. The zero-order chi connectivity index (χ0) is 24.9. The molecule has 9 heteroatoms. The number of carbonyl (C=O) groups excluding carboxylic acids is 1. The maximum atomic E-state index is 13.6. The van der Waals surface area contributed by atoms with Crippen LogP contribution in [0.1, 0.15) is 43.9 Å². The quantitative estimate of drug-likeness (QED) is 0.304. The van der Waals surface area contributed by atoms with Crippen LogP contribution in [0.25, 0.3) is 0 Å². The Morgan fingerprint density at radius 3 is 2.66 bits per heavy atom. The molecular weight excluding hydrogens is 462 g/mol. The average Bonchev–Trinajstić information content (AvgIpc) is 3.25. The molecule has 1 aliphatic rings. The van der Waals surface area contributed by atoms with Crippen LogP contribution >= 0.6 is 11.8 Å². The van der Waals surface area contributed by atoms with Gasteiger partial charge in [0.25, 0.3) is 5.91 Å². The summed E-state index contributed by atoms with van der Waals surface area (Å²) in [6.45, 7) is 6.04. The highest BCUT2D eigenvalue weighted by molar-refractivity contribution is 7.99. The summed E-state index contributed by atoms with van der Waals surface area (Å²) in [6.07, 6.45) is 2.19. The Labute approximate surface area is 210 Å². The van der Waals surface area contributed by atoms with E-state index < -0.39 is 6.04 Å². The highest BCUT2D eigenvalue weighted by atomic mass is 32.2. The molecule has 2 heterocycles. The van der Waals surface area contributed by atoms with Crippen molar-refractivity contribution in [3.63, 3.8) is 0 Å². The fourth-order valence-electron chi connectivity index (χ4n) is 4.05. The summed E-state index contributed by atoms with van der Waals surface area (Å²) in [5, 5.41) is 11.8. The summed E-state index contributed by atoms with van der Waals surface area (Å²) < 4.78 is 12.8. The lowest BCUT2D eigenvalue weighted by Gasteiger charge is -2.29. The molecule has 1 aliphatic heterocycles. The van der Waals surface area contributed by atoms with E-state index >= 15 is 0 Å². The second kappa shape index (κ2) is 10.9. The molecule has 8 nitrogen and oxygen atoms in total. The second-order valence-corrected chi connectivity index (χ2v) is 9.43. The lowest BCUT2D eigenvalue weighted by molar-refractivity contribution is -0.113. The van der Waals surface area contributed by atoms with Crippen molar-refractivity contribution in [1.29, 1.82) is 0 Å². The molecule has 0 spiro atoms. The number of methoxy groups -OCH3 is 2.